The number of hydrogen-bond donors (Lipinski definition) is 3. The van der Waals surface area contributed by atoms with Gasteiger partial charge in [-0.3, -0.25) is 23.4 Å². The molecule has 3 unspecified atom stereocenters. The van der Waals surface area contributed by atoms with E-state index in [-0.39, 0.29) is 19.4 Å². The molecule has 0 aromatic rings. The van der Waals surface area contributed by atoms with Crippen LogP contribution in [0.1, 0.15) is 142 Å². The molecule has 0 saturated carbocycles. The molecule has 0 aromatic heterocycles. The fourth-order valence-electron chi connectivity index (χ4n) is 4.43. The minimum atomic E-state index is -4.71. The van der Waals surface area contributed by atoms with Crippen LogP contribution in [-0.4, -0.2) is 59.9 Å². The van der Waals surface area contributed by atoms with Crippen LogP contribution in [0, 0.1) is 0 Å². The summed E-state index contributed by atoms with van der Waals surface area (Å²) < 4.78 is 32.4. The van der Waals surface area contributed by atoms with Gasteiger partial charge in [0.1, 0.15) is 12.6 Å². The lowest BCUT2D eigenvalue weighted by Crippen LogP contribution is -2.34. The van der Waals surface area contributed by atoms with Gasteiger partial charge in [-0.05, 0) is 57.8 Å². The highest BCUT2D eigenvalue weighted by atomic mass is 31.2. The molecule has 0 aliphatic heterocycles. The largest absolute Gasteiger partial charge is 0.480 e. The van der Waals surface area contributed by atoms with Crippen LogP contribution in [0.2, 0.25) is 0 Å². The molecule has 0 amide bonds. The van der Waals surface area contributed by atoms with Crippen LogP contribution in [0.3, 0.4) is 0 Å². The standard InChI is InChI=1S/C36H64NO10P/c1-3-5-7-9-11-13-15-16-17-18-20-22-24-26-28-35(39)47-32(30-45-48(42,43)46-31-33(37)36(40)41)29-44-34(38)27-25-23-21-19-14-12-10-8-6-4-2/h8-11,15-16,32-33H,3-7,12-14,17-31,37H2,1-2H3,(H,40,41)(H,42,43)/b10-8-,11-9-,16-15-. The summed E-state index contributed by atoms with van der Waals surface area (Å²) in [6, 6.07) is -1.52. The van der Waals surface area contributed by atoms with Gasteiger partial charge in [-0.1, -0.05) is 108 Å². The van der Waals surface area contributed by atoms with Gasteiger partial charge >= 0.3 is 25.7 Å². The van der Waals surface area contributed by atoms with Crippen molar-refractivity contribution in [3.05, 3.63) is 36.5 Å². The molecule has 0 aliphatic carbocycles. The number of allylic oxidation sites excluding steroid dienone is 6. The first-order chi connectivity index (χ1) is 23.1. The van der Waals surface area contributed by atoms with Gasteiger partial charge in [0.25, 0.3) is 0 Å². The third-order valence-corrected chi connectivity index (χ3v) is 8.29. The molecule has 0 aliphatic rings. The molecule has 48 heavy (non-hydrogen) atoms. The van der Waals surface area contributed by atoms with E-state index in [1.165, 1.54) is 12.8 Å². The number of carboxylic acid groups (broad SMARTS) is 1. The first-order valence-electron chi connectivity index (χ1n) is 18.0. The summed E-state index contributed by atoms with van der Waals surface area (Å²) in [5.41, 5.74) is 5.30. The van der Waals surface area contributed by atoms with Crippen LogP contribution >= 0.6 is 7.82 Å². The van der Waals surface area contributed by atoms with Gasteiger partial charge in [-0.15, -0.1) is 0 Å². The number of esters is 2. The predicted molar refractivity (Wildman–Crippen MR) is 189 cm³/mol. The van der Waals surface area contributed by atoms with Crippen molar-refractivity contribution in [3.63, 3.8) is 0 Å². The Bertz CT molecular complexity index is 968. The molecule has 278 valence electrons. The lowest BCUT2D eigenvalue weighted by Gasteiger charge is -2.20. The third-order valence-electron chi connectivity index (χ3n) is 7.34. The van der Waals surface area contributed by atoms with Crippen LogP contribution in [0.5, 0.6) is 0 Å². The maximum absolute atomic E-state index is 12.5. The van der Waals surface area contributed by atoms with Crippen LogP contribution in [-0.2, 0) is 37.5 Å². The molecule has 0 rings (SSSR count). The Balaban J connectivity index is 4.51. The van der Waals surface area contributed by atoms with Gasteiger partial charge < -0.3 is 25.2 Å². The molecule has 3 atom stereocenters. The zero-order valence-electron chi connectivity index (χ0n) is 29.6. The van der Waals surface area contributed by atoms with Crippen molar-refractivity contribution >= 4 is 25.7 Å². The first-order valence-corrected chi connectivity index (χ1v) is 19.5. The quantitative estimate of drug-likeness (QED) is 0.0259. The van der Waals surface area contributed by atoms with Gasteiger partial charge in [0, 0.05) is 12.8 Å². The zero-order valence-corrected chi connectivity index (χ0v) is 30.5. The van der Waals surface area contributed by atoms with E-state index in [9.17, 15) is 23.8 Å². The number of unbranched alkanes of at least 4 members (excludes halogenated alkanes) is 13. The van der Waals surface area contributed by atoms with E-state index < -0.39 is 51.1 Å². The SMILES string of the molecule is CCC/C=C\CCCCCCCC(=O)OCC(COP(=O)(O)OCC(N)C(=O)O)OC(=O)CCCCCCC/C=C\C/C=C\CCCC. The lowest BCUT2D eigenvalue weighted by atomic mass is 10.1. The van der Waals surface area contributed by atoms with Crippen molar-refractivity contribution in [1.29, 1.82) is 0 Å². The molecule has 0 spiro atoms. The smallest absolute Gasteiger partial charge is 0.472 e. The molecule has 0 radical (unpaired) electrons. The normalized spacial score (nSPS) is 14.4. The summed E-state index contributed by atoms with van der Waals surface area (Å²) in [6.07, 6.45) is 30.8. The molecular weight excluding hydrogens is 637 g/mol. The topological polar surface area (TPSA) is 172 Å². The van der Waals surface area contributed by atoms with Gasteiger partial charge in [0.15, 0.2) is 6.10 Å². The Kier molecular flexibility index (Phi) is 30.4. The first kappa shape index (κ1) is 45.7. The predicted octanol–water partition coefficient (Wildman–Crippen LogP) is 8.50. The van der Waals surface area contributed by atoms with Crippen molar-refractivity contribution in [2.24, 2.45) is 5.73 Å². The van der Waals surface area contributed by atoms with Gasteiger partial charge in [0.05, 0.1) is 13.2 Å². The Morgan fingerprint density at radius 1 is 0.646 bits per heavy atom. The fraction of sp³-hybridized carbons (Fsp3) is 0.750. The molecule has 12 heteroatoms. The molecule has 0 fully saturated rings. The average Bonchev–Trinajstić information content (AvgIpc) is 3.05. The number of phosphoric acid groups is 1. The molecule has 0 bridgehead atoms. The third kappa shape index (κ3) is 31.0. The second kappa shape index (κ2) is 31.9. The van der Waals surface area contributed by atoms with Crippen molar-refractivity contribution in [3.8, 4) is 0 Å². The Labute approximate surface area is 289 Å². The number of aliphatic carboxylic acids is 1. The summed E-state index contributed by atoms with van der Waals surface area (Å²) in [5.74, 6) is -2.42. The van der Waals surface area contributed by atoms with E-state index in [0.29, 0.717) is 12.8 Å². The van der Waals surface area contributed by atoms with Gasteiger partial charge in [0.2, 0.25) is 0 Å². The van der Waals surface area contributed by atoms with Crippen LogP contribution in [0.25, 0.3) is 0 Å². The van der Waals surface area contributed by atoms with Crippen LogP contribution in [0.4, 0.5) is 0 Å². The summed E-state index contributed by atoms with van der Waals surface area (Å²) in [5, 5.41) is 8.84. The lowest BCUT2D eigenvalue weighted by molar-refractivity contribution is -0.161. The highest BCUT2D eigenvalue weighted by molar-refractivity contribution is 7.47. The molecular formula is C36H64NO10P. The molecule has 0 saturated heterocycles. The highest BCUT2D eigenvalue weighted by Crippen LogP contribution is 2.43. The molecule has 0 aromatic carbocycles. The molecule has 11 nitrogen and oxygen atoms in total. The van der Waals surface area contributed by atoms with Crippen LogP contribution in [0.15, 0.2) is 36.5 Å². The van der Waals surface area contributed by atoms with E-state index in [4.69, 9.17) is 24.8 Å². The number of ether oxygens (including phenoxy) is 2. The average molecular weight is 702 g/mol. The minimum absolute atomic E-state index is 0.143. The summed E-state index contributed by atoms with van der Waals surface area (Å²) in [7, 11) is -4.71. The monoisotopic (exact) mass is 701 g/mol. The maximum Gasteiger partial charge on any atom is 0.472 e. The van der Waals surface area contributed by atoms with Crippen molar-refractivity contribution in [2.45, 2.75) is 154 Å². The highest BCUT2D eigenvalue weighted by Gasteiger charge is 2.28. The maximum atomic E-state index is 12.5. The van der Waals surface area contributed by atoms with E-state index in [2.05, 4.69) is 54.8 Å². The van der Waals surface area contributed by atoms with Crippen molar-refractivity contribution < 1.29 is 47.5 Å². The van der Waals surface area contributed by atoms with Gasteiger partial charge in [-0.25, -0.2) is 4.57 Å². The number of carboxylic acids is 1. The summed E-state index contributed by atoms with van der Waals surface area (Å²) >= 11 is 0. The van der Waals surface area contributed by atoms with Crippen molar-refractivity contribution in [1.82, 2.24) is 0 Å². The zero-order chi connectivity index (χ0) is 35.7. The number of phosphoric ester groups is 1. The summed E-state index contributed by atoms with van der Waals surface area (Å²) in [4.78, 5) is 45.6. The Morgan fingerprint density at radius 2 is 1.15 bits per heavy atom. The second-order valence-corrected chi connectivity index (χ2v) is 13.4. The van der Waals surface area contributed by atoms with Crippen LogP contribution < -0.4 is 5.73 Å². The van der Waals surface area contributed by atoms with E-state index in [1.54, 1.807) is 0 Å². The second-order valence-electron chi connectivity index (χ2n) is 12.0. The number of nitrogens with two attached hydrogens (primary N) is 1. The van der Waals surface area contributed by atoms with E-state index in [1.807, 2.05) is 0 Å². The van der Waals surface area contributed by atoms with Gasteiger partial charge in [-0.2, -0.15) is 0 Å². The van der Waals surface area contributed by atoms with E-state index >= 15 is 0 Å². The number of rotatable bonds is 33. The van der Waals surface area contributed by atoms with Crippen molar-refractivity contribution in [2.75, 3.05) is 19.8 Å². The number of carbonyl (C=O) groups is 3. The minimum Gasteiger partial charge on any atom is -0.480 e. The molecule has 4 N–H and O–H groups in total. The Hall–Kier alpha value is -2.30. The number of hydrogen-bond acceptors (Lipinski definition) is 9. The van der Waals surface area contributed by atoms with E-state index in [0.717, 1.165) is 89.9 Å². The fourth-order valence-corrected chi connectivity index (χ4v) is 5.21. The molecule has 0 heterocycles. The summed E-state index contributed by atoms with van der Waals surface area (Å²) in [6.45, 7) is 2.64. The number of carbonyl (C=O) groups excluding carboxylic acids is 2. The Morgan fingerprint density at radius 3 is 1.73 bits per heavy atom.